The molecule has 0 aromatic carbocycles. The lowest BCUT2D eigenvalue weighted by Crippen LogP contribution is -2.44. The fourth-order valence-corrected chi connectivity index (χ4v) is 3.81. The van der Waals surface area contributed by atoms with Gasteiger partial charge in [-0.1, -0.05) is 20.8 Å². The highest BCUT2D eigenvalue weighted by Crippen LogP contribution is 2.56. The molecule has 2 unspecified atom stereocenters. The molecule has 0 saturated carbocycles. The summed E-state index contributed by atoms with van der Waals surface area (Å²) < 4.78 is 0. The molecule has 0 aromatic heterocycles. The van der Waals surface area contributed by atoms with E-state index in [1.54, 1.807) is 0 Å². The topological polar surface area (TPSA) is 73.1 Å². The summed E-state index contributed by atoms with van der Waals surface area (Å²) in [6.45, 7) is 6.65. The molecular weight excluding hydrogens is 228 g/mol. The monoisotopic (exact) mass is 248 g/mol. The minimum absolute atomic E-state index is 0.0504. The Hall–Kier alpha value is -1.50. The molecule has 2 aliphatic rings. The largest absolute Gasteiger partial charge is 0.511 e. The maximum Gasteiger partial charge on any atom is 0.220 e. The van der Waals surface area contributed by atoms with Crippen molar-refractivity contribution < 1.29 is 9.90 Å². The number of carbonyl (C=O) groups is 1. The van der Waals surface area contributed by atoms with E-state index >= 15 is 0 Å². The van der Waals surface area contributed by atoms with Crippen LogP contribution in [-0.4, -0.2) is 17.6 Å². The zero-order valence-electron chi connectivity index (χ0n) is 11.2. The van der Waals surface area contributed by atoms with Gasteiger partial charge in [-0.2, -0.15) is 5.26 Å². The van der Waals surface area contributed by atoms with E-state index in [0.717, 1.165) is 6.42 Å². The number of hydrogen-bond donors (Lipinski definition) is 2. The second-order valence-electron chi connectivity index (χ2n) is 6.36. The summed E-state index contributed by atoms with van der Waals surface area (Å²) in [5.74, 6) is 0.470. The first-order valence-electron chi connectivity index (χ1n) is 6.40. The summed E-state index contributed by atoms with van der Waals surface area (Å²) in [6.07, 6.45) is 1.77. The van der Waals surface area contributed by atoms with E-state index in [1.165, 1.54) is 0 Å². The normalized spacial score (nSPS) is 35.2. The van der Waals surface area contributed by atoms with E-state index in [4.69, 9.17) is 5.26 Å². The molecule has 4 heteroatoms. The summed E-state index contributed by atoms with van der Waals surface area (Å²) in [4.78, 5) is 11.8. The lowest BCUT2D eigenvalue weighted by atomic mass is 9.55. The van der Waals surface area contributed by atoms with Gasteiger partial charge in [-0.05, 0) is 24.2 Å². The highest BCUT2D eigenvalue weighted by atomic mass is 16.3. The number of carbonyl (C=O) groups excluding carboxylic acids is 1. The highest BCUT2D eigenvalue weighted by Gasteiger charge is 2.52. The second kappa shape index (κ2) is 4.01. The van der Waals surface area contributed by atoms with Crippen molar-refractivity contribution in [3.8, 4) is 6.07 Å². The van der Waals surface area contributed by atoms with E-state index in [9.17, 15) is 9.90 Å². The standard InChI is InChI=1S/C14H20N2O2/c1-13(2)10-4-5-16-11(17)7-14(10,3)6-9(8-15)12(13)18/h10,18H,4-7H2,1-3H3,(H,16,17). The minimum Gasteiger partial charge on any atom is -0.511 e. The van der Waals surface area contributed by atoms with Gasteiger partial charge >= 0.3 is 0 Å². The number of fused-ring (bicyclic) bond motifs is 1. The van der Waals surface area contributed by atoms with Gasteiger partial charge in [0.15, 0.2) is 0 Å². The Morgan fingerprint density at radius 3 is 2.67 bits per heavy atom. The number of nitriles is 1. The van der Waals surface area contributed by atoms with Crippen molar-refractivity contribution in [3.05, 3.63) is 11.3 Å². The number of nitrogens with one attached hydrogen (secondary N) is 1. The van der Waals surface area contributed by atoms with Gasteiger partial charge in [0.25, 0.3) is 0 Å². The maximum absolute atomic E-state index is 11.8. The van der Waals surface area contributed by atoms with E-state index < -0.39 is 5.41 Å². The Kier molecular flexibility index (Phi) is 2.89. The van der Waals surface area contributed by atoms with E-state index in [0.29, 0.717) is 25.0 Å². The first-order valence-corrected chi connectivity index (χ1v) is 6.40. The third-order valence-corrected chi connectivity index (χ3v) is 4.64. The van der Waals surface area contributed by atoms with Crippen LogP contribution < -0.4 is 5.32 Å². The molecule has 1 aliphatic carbocycles. The predicted molar refractivity (Wildman–Crippen MR) is 67.5 cm³/mol. The smallest absolute Gasteiger partial charge is 0.220 e. The van der Waals surface area contributed by atoms with Crippen molar-refractivity contribution in [2.45, 2.75) is 40.0 Å². The molecule has 98 valence electrons. The van der Waals surface area contributed by atoms with Gasteiger partial charge in [-0.15, -0.1) is 0 Å². The number of amides is 1. The van der Waals surface area contributed by atoms with Crippen molar-refractivity contribution in [3.63, 3.8) is 0 Å². The molecule has 1 saturated heterocycles. The van der Waals surface area contributed by atoms with Gasteiger partial charge in [0.1, 0.15) is 5.76 Å². The molecule has 1 fully saturated rings. The lowest BCUT2D eigenvalue weighted by molar-refractivity contribution is -0.123. The zero-order valence-corrected chi connectivity index (χ0v) is 11.2. The molecule has 4 nitrogen and oxygen atoms in total. The van der Waals surface area contributed by atoms with Crippen LogP contribution in [0.15, 0.2) is 11.3 Å². The van der Waals surface area contributed by atoms with Gasteiger partial charge in [0, 0.05) is 18.4 Å². The van der Waals surface area contributed by atoms with E-state index in [2.05, 4.69) is 18.3 Å². The third kappa shape index (κ3) is 1.78. The first kappa shape index (κ1) is 12.9. The third-order valence-electron chi connectivity index (χ3n) is 4.64. The Labute approximate surface area is 108 Å². The van der Waals surface area contributed by atoms with Crippen molar-refractivity contribution >= 4 is 5.91 Å². The molecule has 0 radical (unpaired) electrons. The number of aliphatic hydroxyl groups excluding tert-OH is 1. The van der Waals surface area contributed by atoms with Crippen molar-refractivity contribution in [1.82, 2.24) is 5.32 Å². The fraction of sp³-hybridized carbons (Fsp3) is 0.714. The van der Waals surface area contributed by atoms with Gasteiger partial charge in [-0.25, -0.2) is 0 Å². The van der Waals surface area contributed by atoms with Crippen LogP contribution >= 0.6 is 0 Å². The number of aliphatic hydroxyl groups is 1. The summed E-state index contributed by atoms with van der Waals surface area (Å²) in [7, 11) is 0. The van der Waals surface area contributed by atoms with Gasteiger partial charge < -0.3 is 10.4 Å². The van der Waals surface area contributed by atoms with Crippen LogP contribution in [0, 0.1) is 28.1 Å². The molecule has 2 atom stereocenters. The number of hydrogen-bond acceptors (Lipinski definition) is 3. The Morgan fingerprint density at radius 2 is 2.06 bits per heavy atom. The van der Waals surface area contributed by atoms with Crippen LogP contribution in [0.25, 0.3) is 0 Å². The number of nitrogens with zero attached hydrogens (tertiary/aromatic N) is 1. The van der Waals surface area contributed by atoms with Crippen molar-refractivity contribution in [1.29, 1.82) is 5.26 Å². The molecule has 2 rings (SSSR count). The summed E-state index contributed by atoms with van der Waals surface area (Å²) in [5, 5.41) is 22.3. The fourth-order valence-electron chi connectivity index (χ4n) is 3.81. The summed E-state index contributed by atoms with van der Waals surface area (Å²) in [5.41, 5.74) is -0.236. The molecule has 1 aliphatic heterocycles. The summed E-state index contributed by atoms with van der Waals surface area (Å²) in [6, 6.07) is 2.10. The quantitative estimate of drug-likeness (QED) is 0.690. The zero-order chi connectivity index (χ0) is 13.6. The van der Waals surface area contributed by atoms with Gasteiger partial charge in [0.05, 0.1) is 11.6 Å². The van der Waals surface area contributed by atoms with E-state index in [1.807, 2.05) is 13.8 Å². The summed E-state index contributed by atoms with van der Waals surface area (Å²) >= 11 is 0. The first-order chi connectivity index (χ1) is 8.31. The number of allylic oxidation sites excluding steroid dienone is 2. The average molecular weight is 248 g/mol. The maximum atomic E-state index is 11.8. The molecule has 2 N–H and O–H groups in total. The highest BCUT2D eigenvalue weighted by molar-refractivity contribution is 5.77. The molecule has 0 aromatic rings. The van der Waals surface area contributed by atoms with Crippen LogP contribution in [0.2, 0.25) is 0 Å². The molecule has 18 heavy (non-hydrogen) atoms. The van der Waals surface area contributed by atoms with Crippen molar-refractivity contribution in [2.24, 2.45) is 16.7 Å². The molecular formula is C14H20N2O2. The SMILES string of the molecule is CC12CC(=O)NCCC1C(C)(C)C(O)=C(C#N)C2. The minimum atomic E-state index is -0.440. The Bertz CT molecular complexity index is 459. The van der Waals surface area contributed by atoms with Crippen LogP contribution in [0.5, 0.6) is 0 Å². The van der Waals surface area contributed by atoms with Crippen LogP contribution in [0.1, 0.15) is 40.0 Å². The van der Waals surface area contributed by atoms with Crippen LogP contribution in [-0.2, 0) is 4.79 Å². The van der Waals surface area contributed by atoms with Crippen molar-refractivity contribution in [2.75, 3.05) is 6.54 Å². The second-order valence-corrected chi connectivity index (χ2v) is 6.36. The Morgan fingerprint density at radius 1 is 1.39 bits per heavy atom. The van der Waals surface area contributed by atoms with Gasteiger partial charge in [0.2, 0.25) is 5.91 Å². The van der Waals surface area contributed by atoms with Gasteiger partial charge in [-0.3, -0.25) is 4.79 Å². The lowest BCUT2D eigenvalue weighted by Gasteiger charge is -2.48. The van der Waals surface area contributed by atoms with Crippen LogP contribution in [0.3, 0.4) is 0 Å². The molecule has 1 amide bonds. The van der Waals surface area contributed by atoms with Crippen LogP contribution in [0.4, 0.5) is 0 Å². The Balaban J connectivity index is 2.51. The number of rotatable bonds is 0. The molecule has 1 heterocycles. The molecule has 0 bridgehead atoms. The predicted octanol–water partition coefficient (Wildman–Crippen LogP) is 2.28. The van der Waals surface area contributed by atoms with E-state index in [-0.39, 0.29) is 23.0 Å². The average Bonchev–Trinajstić information content (AvgIpc) is 2.43. The molecule has 0 spiro atoms.